The lowest BCUT2D eigenvalue weighted by Gasteiger charge is -2.28. The van der Waals surface area contributed by atoms with Crippen LogP contribution in [0, 0.1) is 23.7 Å². The molecule has 0 aliphatic heterocycles. The van der Waals surface area contributed by atoms with Crippen molar-refractivity contribution in [1.29, 1.82) is 0 Å². The summed E-state index contributed by atoms with van der Waals surface area (Å²) in [6.07, 6.45) is 5.54. The van der Waals surface area contributed by atoms with E-state index in [1.54, 1.807) is 19.1 Å². The molecule has 0 aromatic heterocycles. The predicted octanol–water partition coefficient (Wildman–Crippen LogP) is 1.00. The monoisotopic (exact) mass is 267 g/mol. The molecule has 1 fully saturated rings. The molecule has 2 unspecified atom stereocenters. The molecule has 2 aliphatic carbocycles. The number of hydrogen-bond donors (Lipinski definition) is 1. The Bertz CT molecular complexity index is 393. The molecular weight excluding hydrogens is 246 g/mol. The topological polar surface area (TPSA) is 66.8 Å². The quantitative estimate of drug-likeness (QED) is 0.576. The van der Waals surface area contributed by atoms with Crippen molar-refractivity contribution < 1.29 is 19.4 Å². The van der Waals surface area contributed by atoms with Gasteiger partial charge >= 0.3 is 5.97 Å². The number of carboxylic acid groups (broad SMARTS) is 1. The van der Waals surface area contributed by atoms with E-state index in [1.807, 2.05) is 12.2 Å². The Morgan fingerprint density at radius 2 is 1.95 bits per heavy atom. The second-order valence-corrected chi connectivity index (χ2v) is 5.44. The zero-order valence-electron chi connectivity index (χ0n) is 11.4. The van der Waals surface area contributed by atoms with Crippen molar-refractivity contribution in [2.24, 2.45) is 23.7 Å². The summed E-state index contributed by atoms with van der Waals surface area (Å²) in [4.78, 5) is 25.4. The number of rotatable bonds is 6. The van der Waals surface area contributed by atoms with Crippen molar-refractivity contribution >= 4 is 11.9 Å². The van der Waals surface area contributed by atoms with Crippen LogP contribution in [0.4, 0.5) is 0 Å². The first-order valence-electron chi connectivity index (χ1n) is 6.71. The molecule has 4 atom stereocenters. The van der Waals surface area contributed by atoms with Crippen LogP contribution in [0.2, 0.25) is 0 Å². The standard InChI is InChI=1S/C14H21NO4/c1-15(6-3-7-19-2)13(16)11-9-4-5-10(8-9)12(11)14(17)18/h4-5,9-12H,3,6-8H2,1-2H3,(H,17,18)/t9?,10?,11-,12+/m0/s1. The van der Waals surface area contributed by atoms with Crippen molar-refractivity contribution in [3.05, 3.63) is 12.2 Å². The molecule has 2 bridgehead atoms. The van der Waals surface area contributed by atoms with Gasteiger partial charge in [0.2, 0.25) is 5.91 Å². The van der Waals surface area contributed by atoms with E-state index in [-0.39, 0.29) is 23.7 Å². The van der Waals surface area contributed by atoms with E-state index < -0.39 is 11.9 Å². The van der Waals surface area contributed by atoms with E-state index in [1.165, 1.54) is 0 Å². The molecule has 0 saturated heterocycles. The molecule has 0 aromatic carbocycles. The lowest BCUT2D eigenvalue weighted by Crippen LogP contribution is -2.41. The first-order chi connectivity index (χ1) is 9.06. The first kappa shape index (κ1) is 14.1. The van der Waals surface area contributed by atoms with Gasteiger partial charge in [-0.3, -0.25) is 9.59 Å². The maximum absolute atomic E-state index is 12.4. The van der Waals surface area contributed by atoms with Gasteiger partial charge in [0.25, 0.3) is 0 Å². The summed E-state index contributed by atoms with van der Waals surface area (Å²) in [5, 5.41) is 9.33. The third kappa shape index (κ3) is 2.66. The summed E-state index contributed by atoms with van der Waals surface area (Å²) in [6.45, 7) is 1.22. The minimum atomic E-state index is -0.847. The van der Waals surface area contributed by atoms with Gasteiger partial charge in [0.1, 0.15) is 0 Å². The number of ether oxygens (including phenoxy) is 1. The second kappa shape index (κ2) is 5.74. The number of hydrogen-bond acceptors (Lipinski definition) is 3. The van der Waals surface area contributed by atoms with Gasteiger partial charge in [0.15, 0.2) is 0 Å². The summed E-state index contributed by atoms with van der Waals surface area (Å²) in [5.41, 5.74) is 0. The molecule has 5 nitrogen and oxygen atoms in total. The molecule has 0 radical (unpaired) electrons. The van der Waals surface area contributed by atoms with Crippen LogP contribution in [-0.4, -0.2) is 49.2 Å². The third-order valence-electron chi connectivity index (χ3n) is 4.25. The fourth-order valence-electron chi connectivity index (χ4n) is 3.31. The van der Waals surface area contributed by atoms with Crippen LogP contribution in [0.1, 0.15) is 12.8 Å². The highest BCUT2D eigenvalue weighted by molar-refractivity contribution is 5.86. The number of aliphatic carboxylic acids is 1. The van der Waals surface area contributed by atoms with Gasteiger partial charge < -0.3 is 14.7 Å². The average molecular weight is 267 g/mol. The van der Waals surface area contributed by atoms with Crippen molar-refractivity contribution in [3.8, 4) is 0 Å². The molecule has 1 saturated carbocycles. The Kier molecular flexibility index (Phi) is 4.24. The number of carboxylic acids is 1. The minimum Gasteiger partial charge on any atom is -0.481 e. The van der Waals surface area contributed by atoms with Crippen molar-refractivity contribution in [2.45, 2.75) is 12.8 Å². The minimum absolute atomic E-state index is 0.0313. The zero-order chi connectivity index (χ0) is 14.0. The highest BCUT2D eigenvalue weighted by Crippen LogP contribution is 2.48. The third-order valence-corrected chi connectivity index (χ3v) is 4.25. The Morgan fingerprint density at radius 3 is 2.53 bits per heavy atom. The molecule has 1 N–H and O–H groups in total. The number of carbonyl (C=O) groups excluding carboxylic acids is 1. The van der Waals surface area contributed by atoms with Crippen LogP contribution in [-0.2, 0) is 14.3 Å². The van der Waals surface area contributed by atoms with Gasteiger partial charge in [-0.25, -0.2) is 0 Å². The summed E-state index contributed by atoms with van der Waals surface area (Å²) in [7, 11) is 3.37. The van der Waals surface area contributed by atoms with Gasteiger partial charge in [0.05, 0.1) is 11.8 Å². The van der Waals surface area contributed by atoms with Gasteiger partial charge in [-0.15, -0.1) is 0 Å². The Labute approximate surface area is 113 Å². The molecule has 19 heavy (non-hydrogen) atoms. The second-order valence-electron chi connectivity index (χ2n) is 5.44. The molecule has 2 rings (SSSR count). The number of carbonyl (C=O) groups is 2. The molecule has 1 amide bonds. The van der Waals surface area contributed by atoms with E-state index in [2.05, 4.69) is 0 Å². The lowest BCUT2D eigenvalue weighted by molar-refractivity contribution is -0.150. The summed E-state index contributed by atoms with van der Waals surface area (Å²) >= 11 is 0. The molecular formula is C14H21NO4. The fourth-order valence-corrected chi connectivity index (χ4v) is 3.31. The maximum Gasteiger partial charge on any atom is 0.307 e. The average Bonchev–Trinajstić information content (AvgIpc) is 2.97. The Balaban J connectivity index is 2.01. The van der Waals surface area contributed by atoms with Crippen LogP contribution in [0.3, 0.4) is 0 Å². The van der Waals surface area contributed by atoms with Gasteiger partial charge in [0, 0.05) is 27.3 Å². The lowest BCUT2D eigenvalue weighted by atomic mass is 9.82. The predicted molar refractivity (Wildman–Crippen MR) is 69.5 cm³/mol. The highest BCUT2D eigenvalue weighted by atomic mass is 16.5. The van der Waals surface area contributed by atoms with Crippen molar-refractivity contribution in [3.63, 3.8) is 0 Å². The molecule has 0 spiro atoms. The highest BCUT2D eigenvalue weighted by Gasteiger charge is 2.52. The Morgan fingerprint density at radius 1 is 1.32 bits per heavy atom. The van der Waals surface area contributed by atoms with Crippen LogP contribution < -0.4 is 0 Å². The molecule has 2 aliphatic rings. The smallest absolute Gasteiger partial charge is 0.307 e. The van der Waals surface area contributed by atoms with E-state index in [9.17, 15) is 14.7 Å². The first-order valence-corrected chi connectivity index (χ1v) is 6.71. The number of fused-ring (bicyclic) bond motifs is 2. The van der Waals surface area contributed by atoms with Gasteiger partial charge in [-0.1, -0.05) is 12.2 Å². The van der Waals surface area contributed by atoms with E-state index in [0.29, 0.717) is 13.2 Å². The largest absolute Gasteiger partial charge is 0.481 e. The molecule has 0 heterocycles. The van der Waals surface area contributed by atoms with E-state index in [0.717, 1.165) is 12.8 Å². The van der Waals surface area contributed by atoms with E-state index >= 15 is 0 Å². The number of allylic oxidation sites excluding steroid dienone is 2. The van der Waals surface area contributed by atoms with E-state index in [4.69, 9.17) is 4.74 Å². The van der Waals surface area contributed by atoms with Crippen LogP contribution in [0.5, 0.6) is 0 Å². The van der Waals surface area contributed by atoms with Crippen molar-refractivity contribution in [1.82, 2.24) is 4.90 Å². The molecule has 106 valence electrons. The maximum atomic E-state index is 12.4. The number of nitrogens with zero attached hydrogens (tertiary/aromatic N) is 1. The SMILES string of the molecule is COCCCN(C)C(=O)[C@H]1C2C=CC(C2)[C@H]1C(=O)O. The van der Waals surface area contributed by atoms with Crippen molar-refractivity contribution in [2.75, 3.05) is 27.3 Å². The normalized spacial score (nSPS) is 31.7. The van der Waals surface area contributed by atoms with Crippen LogP contribution in [0.25, 0.3) is 0 Å². The number of amides is 1. The summed E-state index contributed by atoms with van der Waals surface area (Å²) < 4.78 is 4.96. The Hall–Kier alpha value is -1.36. The molecule has 0 aromatic rings. The summed E-state index contributed by atoms with van der Waals surface area (Å²) in [5.74, 6) is -1.69. The molecule has 5 heteroatoms. The number of methoxy groups -OCH3 is 1. The fraction of sp³-hybridized carbons (Fsp3) is 0.714. The van der Waals surface area contributed by atoms with Gasteiger partial charge in [-0.2, -0.15) is 0 Å². The van der Waals surface area contributed by atoms with Gasteiger partial charge in [-0.05, 0) is 24.7 Å². The van der Waals surface area contributed by atoms with Crippen LogP contribution in [0.15, 0.2) is 12.2 Å². The van der Waals surface area contributed by atoms with Crippen LogP contribution >= 0.6 is 0 Å². The summed E-state index contributed by atoms with van der Waals surface area (Å²) in [6, 6.07) is 0. The zero-order valence-corrected chi connectivity index (χ0v) is 11.4.